The predicted octanol–water partition coefficient (Wildman–Crippen LogP) is 5.45. The maximum atomic E-state index is 12.8. The van der Waals surface area contributed by atoms with Gasteiger partial charge in [-0.25, -0.2) is 0 Å². The molecule has 1 aromatic heterocycles. The van der Waals surface area contributed by atoms with Crippen molar-refractivity contribution in [1.29, 1.82) is 0 Å². The standard InChI is InChI=1S/C16H19BrF3NOSi/c1-23(2,3)22-15(12-17,21-10-4-5-11-21)13-6-8-14(9-7-13)16(18,19)20/h4-11H,12H2,1-3H3. The molecule has 0 N–H and O–H groups in total. The lowest BCUT2D eigenvalue weighted by Crippen LogP contribution is -2.46. The molecule has 0 saturated carbocycles. The van der Waals surface area contributed by atoms with Crippen molar-refractivity contribution in [3.8, 4) is 0 Å². The average Bonchev–Trinajstić information content (AvgIpc) is 2.97. The second-order valence-corrected chi connectivity index (χ2v) is 11.3. The zero-order valence-electron chi connectivity index (χ0n) is 13.2. The van der Waals surface area contributed by atoms with Crippen LogP contribution in [-0.4, -0.2) is 18.2 Å². The predicted molar refractivity (Wildman–Crippen MR) is 91.2 cm³/mol. The molecule has 7 heteroatoms. The molecule has 0 aliphatic rings. The van der Waals surface area contributed by atoms with Crippen LogP contribution in [0.2, 0.25) is 19.6 Å². The van der Waals surface area contributed by atoms with E-state index in [1.54, 1.807) is 0 Å². The lowest BCUT2D eigenvalue weighted by molar-refractivity contribution is -0.137. The molecule has 1 aromatic carbocycles. The first-order valence-electron chi connectivity index (χ1n) is 7.16. The minimum absolute atomic E-state index is 0.435. The van der Waals surface area contributed by atoms with Crippen LogP contribution in [0.5, 0.6) is 0 Å². The van der Waals surface area contributed by atoms with Crippen LogP contribution in [0.4, 0.5) is 13.2 Å². The Kier molecular flexibility index (Phi) is 5.13. The summed E-state index contributed by atoms with van der Waals surface area (Å²) in [5.74, 6) is 0. The zero-order chi connectivity index (χ0) is 17.3. The molecule has 2 rings (SSSR count). The van der Waals surface area contributed by atoms with Crippen molar-refractivity contribution in [3.05, 3.63) is 59.9 Å². The molecule has 0 aliphatic carbocycles. The molecule has 2 aromatic rings. The Morgan fingerprint density at radius 3 is 1.87 bits per heavy atom. The van der Waals surface area contributed by atoms with Gasteiger partial charge in [0.15, 0.2) is 14.0 Å². The van der Waals surface area contributed by atoms with E-state index in [0.29, 0.717) is 10.9 Å². The van der Waals surface area contributed by atoms with Crippen LogP contribution < -0.4 is 0 Å². The van der Waals surface area contributed by atoms with Crippen LogP contribution in [0, 0.1) is 0 Å². The highest BCUT2D eigenvalue weighted by molar-refractivity contribution is 9.09. The SMILES string of the molecule is C[Si](C)(C)OC(CBr)(c1ccc(C(F)(F)F)cc1)n1cccc1. The van der Waals surface area contributed by atoms with Gasteiger partial charge in [0.25, 0.3) is 0 Å². The quantitative estimate of drug-likeness (QED) is 0.476. The molecule has 0 saturated heterocycles. The Balaban J connectivity index is 2.53. The van der Waals surface area contributed by atoms with Crippen LogP contribution in [0.3, 0.4) is 0 Å². The Morgan fingerprint density at radius 2 is 1.48 bits per heavy atom. The third-order valence-corrected chi connectivity index (χ3v) is 5.05. The Labute approximate surface area is 143 Å². The van der Waals surface area contributed by atoms with Crippen molar-refractivity contribution >= 4 is 24.2 Å². The molecule has 0 aliphatic heterocycles. The fourth-order valence-electron chi connectivity index (χ4n) is 2.44. The van der Waals surface area contributed by atoms with E-state index in [4.69, 9.17) is 4.43 Å². The van der Waals surface area contributed by atoms with Gasteiger partial charge in [-0.05, 0) is 43.9 Å². The van der Waals surface area contributed by atoms with Gasteiger partial charge in [0.1, 0.15) is 0 Å². The average molecular weight is 406 g/mol. The van der Waals surface area contributed by atoms with Crippen LogP contribution in [0.25, 0.3) is 0 Å². The van der Waals surface area contributed by atoms with Gasteiger partial charge in [0.2, 0.25) is 0 Å². The first kappa shape index (κ1) is 18.3. The topological polar surface area (TPSA) is 14.2 Å². The van der Waals surface area contributed by atoms with Gasteiger partial charge in [0, 0.05) is 18.0 Å². The normalized spacial score (nSPS) is 15.4. The van der Waals surface area contributed by atoms with E-state index in [1.165, 1.54) is 12.1 Å². The monoisotopic (exact) mass is 405 g/mol. The van der Waals surface area contributed by atoms with Crippen LogP contribution in [0.1, 0.15) is 11.1 Å². The number of benzene rings is 1. The molecule has 0 bridgehead atoms. The zero-order valence-corrected chi connectivity index (χ0v) is 15.8. The number of hydrogen-bond acceptors (Lipinski definition) is 1. The maximum absolute atomic E-state index is 12.8. The number of alkyl halides is 4. The van der Waals surface area contributed by atoms with Gasteiger partial charge in [-0.2, -0.15) is 13.2 Å². The first-order valence-corrected chi connectivity index (χ1v) is 11.7. The summed E-state index contributed by atoms with van der Waals surface area (Å²) >= 11 is 3.50. The molecule has 126 valence electrons. The highest BCUT2D eigenvalue weighted by Gasteiger charge is 2.39. The molecule has 1 unspecified atom stereocenters. The van der Waals surface area contributed by atoms with Crippen molar-refractivity contribution in [2.75, 3.05) is 5.33 Å². The molecule has 0 amide bonds. The number of nitrogens with zero attached hydrogens (tertiary/aromatic N) is 1. The Bertz CT molecular complexity index is 635. The minimum atomic E-state index is -4.34. The molecule has 2 nitrogen and oxygen atoms in total. The van der Waals surface area contributed by atoms with E-state index in [0.717, 1.165) is 12.1 Å². The van der Waals surface area contributed by atoms with Gasteiger partial charge >= 0.3 is 6.18 Å². The molecule has 0 fully saturated rings. The third-order valence-electron chi connectivity index (χ3n) is 3.34. The van der Waals surface area contributed by atoms with Crippen LogP contribution in [-0.2, 0) is 16.3 Å². The number of aromatic nitrogens is 1. The molecule has 23 heavy (non-hydrogen) atoms. The number of rotatable bonds is 5. The number of hydrogen-bond donors (Lipinski definition) is 0. The molecule has 1 atom stereocenters. The largest absolute Gasteiger partial charge is 0.416 e. The second kappa shape index (κ2) is 6.45. The summed E-state index contributed by atoms with van der Waals surface area (Å²) in [5.41, 5.74) is -0.843. The fraction of sp³-hybridized carbons (Fsp3) is 0.375. The smallest absolute Gasteiger partial charge is 0.391 e. The summed E-state index contributed by atoms with van der Waals surface area (Å²) < 4.78 is 46.7. The van der Waals surface area contributed by atoms with Gasteiger partial charge in [-0.3, -0.25) is 0 Å². The minimum Gasteiger partial charge on any atom is -0.391 e. The van der Waals surface area contributed by atoms with E-state index >= 15 is 0 Å². The van der Waals surface area contributed by atoms with Crippen molar-refractivity contribution in [1.82, 2.24) is 4.57 Å². The van der Waals surface area contributed by atoms with Crippen molar-refractivity contribution in [2.45, 2.75) is 31.5 Å². The Hall–Kier alpha value is -1.05. The summed E-state index contributed by atoms with van der Waals surface area (Å²) in [4.78, 5) is 0. The van der Waals surface area contributed by atoms with E-state index in [9.17, 15) is 13.2 Å². The summed E-state index contributed by atoms with van der Waals surface area (Å²) in [6.07, 6.45) is -0.624. The van der Waals surface area contributed by atoms with Gasteiger partial charge < -0.3 is 8.99 Å². The summed E-state index contributed by atoms with van der Waals surface area (Å²) in [5, 5.41) is 0.435. The van der Waals surface area contributed by atoms with Crippen molar-refractivity contribution < 1.29 is 17.6 Å². The van der Waals surface area contributed by atoms with Crippen molar-refractivity contribution in [3.63, 3.8) is 0 Å². The van der Waals surface area contributed by atoms with Crippen LogP contribution in [0.15, 0.2) is 48.8 Å². The second-order valence-electron chi connectivity index (χ2n) is 6.30. The third kappa shape index (κ3) is 4.08. The van der Waals surface area contributed by atoms with Crippen LogP contribution >= 0.6 is 15.9 Å². The van der Waals surface area contributed by atoms with E-state index in [1.807, 2.05) is 29.1 Å². The lowest BCUT2D eigenvalue weighted by Gasteiger charge is -2.40. The molecule has 0 spiro atoms. The van der Waals surface area contributed by atoms with Crippen molar-refractivity contribution in [2.24, 2.45) is 0 Å². The van der Waals surface area contributed by atoms with Gasteiger partial charge in [-0.1, -0.05) is 28.1 Å². The van der Waals surface area contributed by atoms with E-state index < -0.39 is 25.8 Å². The van der Waals surface area contributed by atoms with Gasteiger partial charge in [0.05, 0.1) is 10.9 Å². The summed E-state index contributed by atoms with van der Waals surface area (Å²) in [6.45, 7) is 6.16. The van der Waals surface area contributed by atoms with Gasteiger partial charge in [-0.15, -0.1) is 0 Å². The summed E-state index contributed by atoms with van der Waals surface area (Å²) in [6, 6.07) is 8.92. The highest BCUT2D eigenvalue weighted by atomic mass is 79.9. The lowest BCUT2D eigenvalue weighted by atomic mass is 10.0. The molecular formula is C16H19BrF3NOSi. The molecular weight excluding hydrogens is 387 g/mol. The highest BCUT2D eigenvalue weighted by Crippen LogP contribution is 2.36. The maximum Gasteiger partial charge on any atom is 0.416 e. The first-order chi connectivity index (χ1) is 10.6. The number of halogens is 4. The van der Waals surface area contributed by atoms with E-state index in [-0.39, 0.29) is 0 Å². The Morgan fingerprint density at radius 1 is 1.00 bits per heavy atom. The summed E-state index contributed by atoms with van der Waals surface area (Å²) in [7, 11) is -1.98. The fourth-order valence-corrected chi connectivity index (χ4v) is 4.68. The molecule has 1 heterocycles. The van der Waals surface area contributed by atoms with E-state index in [2.05, 4.69) is 35.6 Å². The molecule has 0 radical (unpaired) electrons.